The number of anilines is 2. The summed E-state index contributed by atoms with van der Waals surface area (Å²) >= 11 is 6.84. The smallest absolute Gasteiger partial charge is 0.286 e. The molecule has 172 valence electrons. The molecular formula is C22H22ClFN6O2S. The zero-order chi connectivity index (χ0) is 23.2. The van der Waals surface area contributed by atoms with E-state index >= 15 is 0 Å². The number of carbonyl (C=O) groups excluding carboxylic acids is 2. The molecule has 1 saturated heterocycles. The molecule has 0 atom stereocenters. The Labute approximate surface area is 199 Å². The van der Waals surface area contributed by atoms with Crippen LogP contribution in [0.1, 0.15) is 19.6 Å². The van der Waals surface area contributed by atoms with Crippen molar-refractivity contribution in [3.05, 3.63) is 69.4 Å². The SMILES string of the molecule is O=C(NCCN1CCN(c2ccccc2F)CC1)c1nnc(C(=O)Nc2cccc(Cl)c2)s1. The largest absolute Gasteiger partial charge is 0.367 e. The van der Waals surface area contributed by atoms with E-state index in [9.17, 15) is 14.0 Å². The minimum Gasteiger partial charge on any atom is -0.367 e. The van der Waals surface area contributed by atoms with Crippen molar-refractivity contribution in [1.29, 1.82) is 0 Å². The van der Waals surface area contributed by atoms with Gasteiger partial charge in [-0.1, -0.05) is 41.1 Å². The monoisotopic (exact) mass is 488 g/mol. The zero-order valence-electron chi connectivity index (χ0n) is 17.6. The number of amides is 2. The molecule has 8 nitrogen and oxygen atoms in total. The first-order valence-electron chi connectivity index (χ1n) is 10.4. The van der Waals surface area contributed by atoms with Crippen LogP contribution in [-0.2, 0) is 0 Å². The molecule has 3 aromatic rings. The van der Waals surface area contributed by atoms with Gasteiger partial charge >= 0.3 is 0 Å². The summed E-state index contributed by atoms with van der Waals surface area (Å²) in [6, 6.07) is 13.5. The van der Waals surface area contributed by atoms with Crippen LogP contribution in [0.25, 0.3) is 0 Å². The Morgan fingerprint density at radius 2 is 1.73 bits per heavy atom. The Bertz CT molecular complexity index is 1140. The molecule has 1 fully saturated rings. The van der Waals surface area contributed by atoms with Gasteiger partial charge in [-0.3, -0.25) is 14.5 Å². The van der Waals surface area contributed by atoms with Gasteiger partial charge in [0.15, 0.2) is 0 Å². The Morgan fingerprint density at radius 3 is 2.45 bits per heavy atom. The summed E-state index contributed by atoms with van der Waals surface area (Å²) in [6.07, 6.45) is 0. The fourth-order valence-electron chi connectivity index (χ4n) is 3.48. The van der Waals surface area contributed by atoms with Crippen molar-refractivity contribution in [3.63, 3.8) is 0 Å². The molecule has 1 aliphatic heterocycles. The van der Waals surface area contributed by atoms with Crippen molar-refractivity contribution in [1.82, 2.24) is 20.4 Å². The van der Waals surface area contributed by atoms with Gasteiger partial charge in [0.05, 0.1) is 5.69 Å². The molecule has 1 aliphatic rings. The van der Waals surface area contributed by atoms with Gasteiger partial charge in [-0.15, -0.1) is 10.2 Å². The fourth-order valence-corrected chi connectivity index (χ4v) is 4.33. The van der Waals surface area contributed by atoms with Crippen LogP contribution in [0.15, 0.2) is 48.5 Å². The predicted octanol–water partition coefficient (Wildman–Crippen LogP) is 3.13. The first kappa shape index (κ1) is 23.1. The molecule has 0 unspecified atom stereocenters. The number of hydrogen-bond donors (Lipinski definition) is 2. The first-order chi connectivity index (χ1) is 16.0. The van der Waals surface area contributed by atoms with Crippen LogP contribution < -0.4 is 15.5 Å². The highest BCUT2D eigenvalue weighted by atomic mass is 35.5. The number of hydrogen-bond acceptors (Lipinski definition) is 7. The average Bonchev–Trinajstić information content (AvgIpc) is 3.31. The summed E-state index contributed by atoms with van der Waals surface area (Å²) in [6.45, 7) is 4.08. The lowest BCUT2D eigenvalue weighted by molar-refractivity contribution is 0.0945. The van der Waals surface area contributed by atoms with Gasteiger partial charge in [-0.25, -0.2) is 4.39 Å². The molecule has 2 heterocycles. The lowest BCUT2D eigenvalue weighted by Gasteiger charge is -2.36. The highest BCUT2D eigenvalue weighted by Gasteiger charge is 2.20. The van der Waals surface area contributed by atoms with Crippen LogP contribution in [0.5, 0.6) is 0 Å². The number of nitrogens with one attached hydrogen (secondary N) is 2. The number of rotatable bonds is 7. The van der Waals surface area contributed by atoms with E-state index in [0.717, 1.165) is 37.5 Å². The Morgan fingerprint density at radius 1 is 1.00 bits per heavy atom. The minimum atomic E-state index is -0.457. The fraction of sp³-hybridized carbons (Fsp3) is 0.273. The molecule has 11 heteroatoms. The second-order valence-corrected chi connectivity index (χ2v) is 8.83. The Balaban J connectivity index is 1.21. The van der Waals surface area contributed by atoms with E-state index in [4.69, 9.17) is 11.6 Å². The van der Waals surface area contributed by atoms with E-state index in [-0.39, 0.29) is 21.7 Å². The number of para-hydroxylation sites is 1. The third-order valence-corrected chi connectivity index (χ3v) is 6.33. The molecule has 33 heavy (non-hydrogen) atoms. The zero-order valence-corrected chi connectivity index (χ0v) is 19.2. The molecule has 0 saturated carbocycles. The van der Waals surface area contributed by atoms with Gasteiger partial charge in [0, 0.05) is 50.0 Å². The van der Waals surface area contributed by atoms with Crippen LogP contribution in [0.2, 0.25) is 5.02 Å². The van der Waals surface area contributed by atoms with Crippen molar-refractivity contribution in [2.24, 2.45) is 0 Å². The van der Waals surface area contributed by atoms with Crippen LogP contribution in [0.3, 0.4) is 0 Å². The topological polar surface area (TPSA) is 90.5 Å². The molecule has 0 spiro atoms. The van der Waals surface area contributed by atoms with Gasteiger partial charge in [-0.2, -0.15) is 0 Å². The van der Waals surface area contributed by atoms with Gasteiger partial charge in [-0.05, 0) is 30.3 Å². The lowest BCUT2D eigenvalue weighted by Crippen LogP contribution is -2.48. The van der Waals surface area contributed by atoms with Gasteiger partial charge in [0.2, 0.25) is 10.0 Å². The maximum absolute atomic E-state index is 14.0. The second-order valence-electron chi connectivity index (χ2n) is 7.41. The molecular weight excluding hydrogens is 467 g/mol. The van der Waals surface area contributed by atoms with Crippen molar-refractivity contribution in [3.8, 4) is 0 Å². The maximum Gasteiger partial charge on any atom is 0.286 e. The Kier molecular flexibility index (Phi) is 7.48. The molecule has 1 aromatic heterocycles. The lowest BCUT2D eigenvalue weighted by atomic mass is 10.2. The summed E-state index contributed by atoms with van der Waals surface area (Å²) in [5, 5.41) is 13.8. The predicted molar refractivity (Wildman–Crippen MR) is 127 cm³/mol. The van der Waals surface area contributed by atoms with Gasteiger partial charge < -0.3 is 15.5 Å². The molecule has 2 N–H and O–H groups in total. The summed E-state index contributed by atoms with van der Waals surface area (Å²) < 4.78 is 14.0. The Hall–Kier alpha value is -3.08. The van der Waals surface area contributed by atoms with Crippen molar-refractivity contribution in [2.45, 2.75) is 0 Å². The van der Waals surface area contributed by atoms with Crippen LogP contribution >= 0.6 is 22.9 Å². The van der Waals surface area contributed by atoms with Gasteiger partial charge in [0.25, 0.3) is 11.8 Å². The van der Waals surface area contributed by atoms with E-state index in [1.807, 2.05) is 11.0 Å². The highest BCUT2D eigenvalue weighted by Crippen LogP contribution is 2.20. The molecule has 0 aliphatic carbocycles. The molecule has 4 rings (SSSR count). The number of carbonyl (C=O) groups is 2. The third kappa shape index (κ3) is 6.04. The summed E-state index contributed by atoms with van der Waals surface area (Å²) in [7, 11) is 0. The number of nitrogens with zero attached hydrogens (tertiary/aromatic N) is 4. The van der Waals surface area contributed by atoms with Crippen molar-refractivity contribution < 1.29 is 14.0 Å². The maximum atomic E-state index is 14.0. The van der Waals surface area contributed by atoms with Gasteiger partial charge in [0.1, 0.15) is 5.82 Å². The van der Waals surface area contributed by atoms with Crippen LogP contribution in [0, 0.1) is 5.82 Å². The molecule has 0 radical (unpaired) electrons. The number of aromatic nitrogens is 2. The average molecular weight is 489 g/mol. The summed E-state index contributed by atoms with van der Waals surface area (Å²) in [5.41, 5.74) is 1.15. The number of halogens is 2. The number of piperazine rings is 1. The molecule has 0 bridgehead atoms. The first-order valence-corrected chi connectivity index (χ1v) is 11.6. The number of benzene rings is 2. The normalized spacial score (nSPS) is 14.2. The van der Waals surface area contributed by atoms with Crippen molar-refractivity contribution >= 4 is 46.1 Å². The van der Waals surface area contributed by atoms with E-state index in [2.05, 4.69) is 25.7 Å². The molecule has 2 aromatic carbocycles. The minimum absolute atomic E-state index is 0.0874. The van der Waals surface area contributed by atoms with E-state index in [0.29, 0.717) is 29.5 Å². The van der Waals surface area contributed by atoms with Crippen LogP contribution in [0.4, 0.5) is 15.8 Å². The van der Waals surface area contributed by atoms with Crippen LogP contribution in [-0.4, -0.2) is 66.2 Å². The summed E-state index contributed by atoms with van der Waals surface area (Å²) in [5.74, 6) is -1.04. The van der Waals surface area contributed by atoms with Crippen molar-refractivity contribution in [2.75, 3.05) is 49.5 Å². The highest BCUT2D eigenvalue weighted by molar-refractivity contribution is 7.15. The van der Waals surface area contributed by atoms with E-state index in [1.54, 1.807) is 36.4 Å². The summed E-state index contributed by atoms with van der Waals surface area (Å²) in [4.78, 5) is 28.9. The second kappa shape index (κ2) is 10.7. The van der Waals surface area contributed by atoms with E-state index < -0.39 is 5.91 Å². The third-order valence-electron chi connectivity index (χ3n) is 5.17. The quantitative estimate of drug-likeness (QED) is 0.531. The van der Waals surface area contributed by atoms with E-state index in [1.165, 1.54) is 6.07 Å². The standard InChI is InChI=1S/C22H22ClFN6O2S/c23-15-4-3-5-16(14-15)26-20(32)22-28-27-21(33-22)19(31)25-8-9-29-10-12-30(13-11-29)18-7-2-1-6-17(18)24/h1-7,14H,8-13H2,(H,25,31)(H,26,32). The molecule has 2 amide bonds.